The molecule has 0 amide bonds. The molecule has 7 nitrogen and oxygen atoms in total. The van der Waals surface area contributed by atoms with E-state index in [1.165, 1.54) is 0 Å². The summed E-state index contributed by atoms with van der Waals surface area (Å²) in [5.74, 6) is -1.95. The first-order chi connectivity index (χ1) is 10.3. The van der Waals surface area contributed by atoms with Gasteiger partial charge in [0.15, 0.2) is 0 Å². The Bertz CT molecular complexity index is 408. The average molecular weight is 312 g/mol. The van der Waals surface area contributed by atoms with Gasteiger partial charge in [-0.25, -0.2) is 4.79 Å². The van der Waals surface area contributed by atoms with Crippen molar-refractivity contribution in [2.75, 3.05) is 13.2 Å². The predicted octanol–water partition coefficient (Wildman–Crippen LogP) is 0.309. The zero-order valence-electron chi connectivity index (χ0n) is 12.9. The lowest BCUT2D eigenvalue weighted by Crippen LogP contribution is -2.27. The fraction of sp³-hybridized carbons (Fsp3) is 0.643. The number of hydrogen-bond acceptors (Lipinski definition) is 7. The third kappa shape index (κ3) is 9.98. The van der Waals surface area contributed by atoms with Gasteiger partial charge in [-0.2, -0.15) is 0 Å². The topological polar surface area (TPSA) is 99.1 Å². The number of carbonyl (C=O) groups is 3. The molecule has 122 valence electrons. The van der Waals surface area contributed by atoms with Crippen LogP contribution in [0.15, 0.2) is 12.3 Å². The summed E-state index contributed by atoms with van der Waals surface area (Å²) < 4.78 is 14.6. The molecular formula is C14H21BO7. The number of Topliss-reactive ketones (excluding diaryl/α,β-unsaturated/α-hetero) is 1. The molecular weight excluding hydrogens is 291 g/mol. The normalized spacial score (nSPS) is 12.9. The number of allylic oxidation sites excluding steroid dienone is 1. The fourth-order valence-corrected chi connectivity index (χ4v) is 1.22. The Morgan fingerprint density at radius 2 is 1.77 bits per heavy atom. The molecule has 0 aromatic heterocycles. The monoisotopic (exact) mass is 312 g/mol. The van der Waals surface area contributed by atoms with Crippen molar-refractivity contribution in [1.82, 2.24) is 0 Å². The number of ether oxygens (including phenoxy) is 3. The molecule has 0 rings (SSSR count). The lowest BCUT2D eigenvalue weighted by molar-refractivity contribution is -0.157. The van der Waals surface area contributed by atoms with Crippen LogP contribution in [-0.4, -0.2) is 56.1 Å². The molecule has 2 unspecified atom stereocenters. The molecule has 0 aromatic carbocycles. The summed E-state index contributed by atoms with van der Waals surface area (Å²) in [6.07, 6.45) is -0.714. The number of aliphatic hydroxyl groups is 1. The standard InChI is InChI=1S/C14H21BO7/c1-9(22-10(2)6-15)4-5-13(18)20-7-12(17)8-21-14(19)11(3)16/h10,12,17H,1,4-8H2,2-3H3. The average Bonchev–Trinajstić information content (AvgIpc) is 2.47. The van der Waals surface area contributed by atoms with Crippen LogP contribution in [0.25, 0.3) is 0 Å². The molecule has 22 heavy (non-hydrogen) atoms. The Morgan fingerprint density at radius 3 is 2.32 bits per heavy atom. The molecule has 0 saturated carbocycles. The molecule has 0 aliphatic carbocycles. The lowest BCUT2D eigenvalue weighted by atomic mass is 10.0. The van der Waals surface area contributed by atoms with Crippen molar-refractivity contribution in [3.8, 4) is 0 Å². The van der Waals surface area contributed by atoms with Crippen LogP contribution in [0.4, 0.5) is 0 Å². The maximum atomic E-state index is 11.4. The van der Waals surface area contributed by atoms with Gasteiger partial charge in [-0.05, 0) is 6.92 Å². The van der Waals surface area contributed by atoms with Crippen LogP contribution in [-0.2, 0) is 28.6 Å². The SMILES string of the molecule is [B]CC(C)OC(=C)CCC(=O)OCC(O)COC(=O)C(C)=O. The second-order valence-corrected chi connectivity index (χ2v) is 4.69. The molecule has 0 aromatic rings. The van der Waals surface area contributed by atoms with E-state index in [9.17, 15) is 19.5 Å². The summed E-state index contributed by atoms with van der Waals surface area (Å²) in [6, 6.07) is 0. The Morgan fingerprint density at radius 1 is 1.18 bits per heavy atom. The fourth-order valence-electron chi connectivity index (χ4n) is 1.22. The van der Waals surface area contributed by atoms with E-state index in [0.717, 1.165) is 6.92 Å². The first kappa shape index (κ1) is 20.2. The molecule has 2 radical (unpaired) electrons. The van der Waals surface area contributed by atoms with E-state index in [1.54, 1.807) is 6.92 Å². The highest BCUT2D eigenvalue weighted by molar-refractivity contribution is 6.32. The van der Waals surface area contributed by atoms with Gasteiger partial charge in [0.05, 0.1) is 26.1 Å². The first-order valence-corrected chi connectivity index (χ1v) is 6.82. The second kappa shape index (κ2) is 10.8. The van der Waals surface area contributed by atoms with Crippen LogP contribution in [0.5, 0.6) is 0 Å². The highest BCUT2D eigenvalue weighted by Gasteiger charge is 2.14. The minimum Gasteiger partial charge on any atom is -0.496 e. The Labute approximate surface area is 131 Å². The molecule has 0 spiro atoms. The molecule has 0 bridgehead atoms. The molecule has 0 fully saturated rings. The number of carbonyl (C=O) groups excluding carboxylic acids is 3. The third-order valence-electron chi connectivity index (χ3n) is 2.44. The number of aliphatic hydroxyl groups excluding tert-OH is 1. The van der Waals surface area contributed by atoms with Gasteiger partial charge >= 0.3 is 11.9 Å². The van der Waals surface area contributed by atoms with E-state index in [4.69, 9.17) is 17.3 Å². The summed E-state index contributed by atoms with van der Waals surface area (Å²) in [5.41, 5.74) is 0. The van der Waals surface area contributed by atoms with Gasteiger partial charge in [0.25, 0.3) is 0 Å². The smallest absolute Gasteiger partial charge is 0.374 e. The van der Waals surface area contributed by atoms with Gasteiger partial charge in [0, 0.05) is 13.3 Å². The zero-order valence-corrected chi connectivity index (χ0v) is 12.9. The van der Waals surface area contributed by atoms with E-state index in [-0.39, 0.29) is 25.6 Å². The number of ketones is 1. The maximum absolute atomic E-state index is 11.4. The Balaban J connectivity index is 3.82. The number of hydrogen-bond donors (Lipinski definition) is 1. The molecule has 1 N–H and O–H groups in total. The van der Waals surface area contributed by atoms with E-state index in [2.05, 4.69) is 11.3 Å². The van der Waals surface area contributed by atoms with Gasteiger partial charge in [-0.1, -0.05) is 12.9 Å². The van der Waals surface area contributed by atoms with Gasteiger partial charge in [0.1, 0.15) is 19.3 Å². The minimum atomic E-state index is -1.19. The summed E-state index contributed by atoms with van der Waals surface area (Å²) in [7, 11) is 5.38. The Hall–Kier alpha value is -1.83. The van der Waals surface area contributed by atoms with E-state index < -0.39 is 30.4 Å². The van der Waals surface area contributed by atoms with Crippen molar-refractivity contribution in [3.63, 3.8) is 0 Å². The van der Waals surface area contributed by atoms with Crippen molar-refractivity contribution in [2.24, 2.45) is 0 Å². The van der Waals surface area contributed by atoms with Crippen LogP contribution >= 0.6 is 0 Å². The molecule has 0 saturated heterocycles. The third-order valence-corrected chi connectivity index (χ3v) is 2.44. The van der Waals surface area contributed by atoms with E-state index in [0.29, 0.717) is 12.1 Å². The lowest BCUT2D eigenvalue weighted by Gasteiger charge is -2.15. The number of esters is 2. The second-order valence-electron chi connectivity index (χ2n) is 4.69. The highest BCUT2D eigenvalue weighted by Crippen LogP contribution is 2.10. The summed E-state index contributed by atoms with van der Waals surface area (Å²) in [4.78, 5) is 32.9. The van der Waals surface area contributed by atoms with Crippen molar-refractivity contribution in [1.29, 1.82) is 0 Å². The van der Waals surface area contributed by atoms with Gasteiger partial charge in [0.2, 0.25) is 5.78 Å². The van der Waals surface area contributed by atoms with Crippen LogP contribution in [0.2, 0.25) is 6.32 Å². The molecule has 8 heteroatoms. The highest BCUT2D eigenvalue weighted by atomic mass is 16.6. The quantitative estimate of drug-likeness (QED) is 0.254. The predicted molar refractivity (Wildman–Crippen MR) is 78.1 cm³/mol. The molecule has 2 atom stereocenters. The van der Waals surface area contributed by atoms with Gasteiger partial charge < -0.3 is 19.3 Å². The first-order valence-electron chi connectivity index (χ1n) is 6.82. The van der Waals surface area contributed by atoms with Crippen molar-refractivity contribution >= 4 is 25.6 Å². The van der Waals surface area contributed by atoms with Crippen LogP contribution in [0.3, 0.4) is 0 Å². The zero-order chi connectivity index (χ0) is 17.1. The van der Waals surface area contributed by atoms with Crippen LogP contribution < -0.4 is 0 Å². The van der Waals surface area contributed by atoms with Crippen LogP contribution in [0.1, 0.15) is 26.7 Å². The van der Waals surface area contributed by atoms with E-state index in [1.807, 2.05) is 0 Å². The summed E-state index contributed by atoms with van der Waals surface area (Å²) in [5, 5.41) is 9.44. The molecule has 0 heterocycles. The van der Waals surface area contributed by atoms with Gasteiger partial charge in [-0.15, -0.1) is 0 Å². The largest absolute Gasteiger partial charge is 0.496 e. The molecule has 0 aliphatic rings. The maximum Gasteiger partial charge on any atom is 0.374 e. The summed E-state index contributed by atoms with van der Waals surface area (Å²) >= 11 is 0. The van der Waals surface area contributed by atoms with Crippen molar-refractivity contribution in [2.45, 2.75) is 45.2 Å². The van der Waals surface area contributed by atoms with Gasteiger partial charge in [-0.3, -0.25) is 9.59 Å². The minimum absolute atomic E-state index is 0.0378. The van der Waals surface area contributed by atoms with Crippen molar-refractivity contribution in [3.05, 3.63) is 12.3 Å². The molecule has 0 aliphatic heterocycles. The van der Waals surface area contributed by atoms with Crippen molar-refractivity contribution < 1.29 is 33.7 Å². The number of rotatable bonds is 11. The van der Waals surface area contributed by atoms with E-state index >= 15 is 0 Å². The Kier molecular flexibility index (Phi) is 9.94. The van der Waals surface area contributed by atoms with Crippen LogP contribution in [0, 0.1) is 0 Å². The summed E-state index contributed by atoms with van der Waals surface area (Å²) in [6.45, 7) is 5.72.